The second-order valence-corrected chi connectivity index (χ2v) is 4.06. The first kappa shape index (κ1) is 11.0. The zero-order valence-electron chi connectivity index (χ0n) is 8.12. The maximum absolute atomic E-state index is 10.7. The summed E-state index contributed by atoms with van der Waals surface area (Å²) in [6.45, 7) is 0. The minimum Gasteiger partial charge on any atom is -0.481 e. The molecule has 3 nitrogen and oxygen atoms in total. The van der Waals surface area contributed by atoms with Crippen LogP contribution in [0, 0.1) is 0 Å². The molecule has 1 aromatic carbocycles. The molecular weight excluding hydrogens is 246 g/mol. The van der Waals surface area contributed by atoms with Crippen molar-refractivity contribution in [1.29, 1.82) is 0 Å². The van der Waals surface area contributed by atoms with Crippen LogP contribution in [0.4, 0.5) is 5.69 Å². The molecule has 0 aliphatic rings. The fourth-order valence-electron chi connectivity index (χ4n) is 1.29. The summed E-state index contributed by atoms with van der Waals surface area (Å²) in [5.41, 5.74) is 1.74. The quantitative estimate of drug-likeness (QED) is 0.902. The molecule has 1 aromatic rings. The van der Waals surface area contributed by atoms with Crippen LogP contribution in [0.5, 0.6) is 0 Å². The number of anilines is 1. The van der Waals surface area contributed by atoms with E-state index in [2.05, 4.69) is 15.9 Å². The predicted octanol–water partition coefficient (Wildman–Crippen LogP) is 2.14. The van der Waals surface area contributed by atoms with Gasteiger partial charge in [-0.3, -0.25) is 4.79 Å². The molecule has 76 valence electrons. The third kappa shape index (κ3) is 2.48. The number of carboxylic acid groups (broad SMARTS) is 1. The van der Waals surface area contributed by atoms with Gasteiger partial charge in [-0.15, -0.1) is 0 Å². The Morgan fingerprint density at radius 2 is 2.14 bits per heavy atom. The molecule has 1 N–H and O–H groups in total. The van der Waals surface area contributed by atoms with Crippen LogP contribution in [0.15, 0.2) is 22.7 Å². The van der Waals surface area contributed by atoms with E-state index in [4.69, 9.17) is 5.11 Å². The van der Waals surface area contributed by atoms with Crippen LogP contribution in [0.25, 0.3) is 0 Å². The van der Waals surface area contributed by atoms with Gasteiger partial charge in [-0.1, -0.05) is 22.0 Å². The van der Waals surface area contributed by atoms with Crippen LogP contribution in [-0.4, -0.2) is 25.2 Å². The predicted molar refractivity (Wildman–Crippen MR) is 59.8 cm³/mol. The van der Waals surface area contributed by atoms with Crippen LogP contribution in [0.1, 0.15) is 5.56 Å². The third-order valence-corrected chi connectivity index (χ3v) is 2.65. The van der Waals surface area contributed by atoms with E-state index in [0.717, 1.165) is 15.7 Å². The number of nitrogens with zero attached hydrogens (tertiary/aromatic N) is 1. The molecule has 0 aromatic heterocycles. The van der Waals surface area contributed by atoms with E-state index in [1.165, 1.54) is 0 Å². The lowest BCUT2D eigenvalue weighted by atomic mass is 10.1. The molecule has 0 atom stereocenters. The lowest BCUT2D eigenvalue weighted by Gasteiger charge is -2.17. The van der Waals surface area contributed by atoms with E-state index in [1.54, 1.807) is 0 Å². The summed E-state index contributed by atoms with van der Waals surface area (Å²) >= 11 is 3.35. The Kier molecular flexibility index (Phi) is 3.52. The number of aliphatic carboxylic acids is 1. The van der Waals surface area contributed by atoms with Gasteiger partial charge in [0.05, 0.1) is 6.42 Å². The molecule has 4 heteroatoms. The number of carbonyl (C=O) groups is 1. The van der Waals surface area contributed by atoms with Gasteiger partial charge in [-0.05, 0) is 12.1 Å². The van der Waals surface area contributed by atoms with Crippen LogP contribution in [-0.2, 0) is 11.2 Å². The van der Waals surface area contributed by atoms with E-state index in [0.29, 0.717) is 0 Å². The van der Waals surface area contributed by atoms with Crippen molar-refractivity contribution in [3.63, 3.8) is 0 Å². The van der Waals surface area contributed by atoms with Gasteiger partial charge in [0.2, 0.25) is 0 Å². The molecule has 0 radical (unpaired) electrons. The Morgan fingerprint density at radius 3 is 2.64 bits per heavy atom. The minimum absolute atomic E-state index is 0.0366. The van der Waals surface area contributed by atoms with Crippen LogP contribution >= 0.6 is 15.9 Å². The first-order valence-corrected chi connectivity index (χ1v) is 4.98. The number of hydrogen-bond acceptors (Lipinski definition) is 2. The summed E-state index contributed by atoms with van der Waals surface area (Å²) in [5, 5.41) is 8.76. The van der Waals surface area contributed by atoms with Crippen molar-refractivity contribution in [2.75, 3.05) is 19.0 Å². The van der Waals surface area contributed by atoms with Gasteiger partial charge in [-0.25, -0.2) is 0 Å². The molecule has 0 spiro atoms. The summed E-state index contributed by atoms with van der Waals surface area (Å²) in [6.07, 6.45) is 0.0366. The molecule has 0 bridgehead atoms. The molecule has 0 heterocycles. The zero-order chi connectivity index (χ0) is 10.7. The first-order valence-electron chi connectivity index (χ1n) is 4.19. The lowest BCUT2D eigenvalue weighted by molar-refractivity contribution is -0.136. The van der Waals surface area contributed by atoms with Crippen molar-refractivity contribution in [2.24, 2.45) is 0 Å². The standard InChI is InChI=1S/C10H12BrNO2/c1-12(2)9-5-3-4-8(11)7(9)6-10(13)14/h3-5H,6H2,1-2H3,(H,13,14). The van der Waals surface area contributed by atoms with E-state index >= 15 is 0 Å². The van der Waals surface area contributed by atoms with Crippen molar-refractivity contribution in [1.82, 2.24) is 0 Å². The highest BCUT2D eigenvalue weighted by Gasteiger charge is 2.11. The number of halogens is 1. The van der Waals surface area contributed by atoms with Crippen LogP contribution in [0.3, 0.4) is 0 Å². The molecule has 1 rings (SSSR count). The smallest absolute Gasteiger partial charge is 0.307 e. The fraction of sp³-hybridized carbons (Fsp3) is 0.300. The summed E-state index contributed by atoms with van der Waals surface area (Å²) in [6, 6.07) is 5.65. The normalized spacial score (nSPS) is 9.93. The largest absolute Gasteiger partial charge is 0.481 e. The number of hydrogen-bond donors (Lipinski definition) is 1. The highest BCUT2D eigenvalue weighted by molar-refractivity contribution is 9.10. The maximum atomic E-state index is 10.7. The van der Waals surface area contributed by atoms with Crippen molar-refractivity contribution in [2.45, 2.75) is 6.42 Å². The van der Waals surface area contributed by atoms with E-state index in [9.17, 15) is 4.79 Å². The van der Waals surface area contributed by atoms with Gasteiger partial charge in [-0.2, -0.15) is 0 Å². The highest BCUT2D eigenvalue weighted by atomic mass is 79.9. The average Bonchev–Trinajstić information content (AvgIpc) is 2.07. The number of benzene rings is 1. The Hall–Kier alpha value is -1.03. The van der Waals surface area contributed by atoms with Gasteiger partial charge in [0.25, 0.3) is 0 Å². The monoisotopic (exact) mass is 257 g/mol. The molecule has 0 amide bonds. The van der Waals surface area contributed by atoms with E-state index in [1.807, 2.05) is 37.2 Å². The average molecular weight is 258 g/mol. The topological polar surface area (TPSA) is 40.5 Å². The Balaban J connectivity index is 3.15. The van der Waals surface area contributed by atoms with Crippen molar-refractivity contribution in [3.8, 4) is 0 Å². The van der Waals surface area contributed by atoms with Crippen molar-refractivity contribution >= 4 is 27.6 Å². The third-order valence-electron chi connectivity index (χ3n) is 1.90. The summed E-state index contributed by atoms with van der Waals surface area (Å²) in [5.74, 6) is -0.819. The second-order valence-electron chi connectivity index (χ2n) is 3.20. The van der Waals surface area contributed by atoms with Crippen molar-refractivity contribution < 1.29 is 9.90 Å². The molecule has 0 aliphatic heterocycles. The Labute approximate surface area is 91.5 Å². The summed E-state index contributed by atoms with van der Waals surface area (Å²) in [7, 11) is 3.79. The molecule has 0 aliphatic carbocycles. The highest BCUT2D eigenvalue weighted by Crippen LogP contribution is 2.26. The Bertz CT molecular complexity index is 350. The molecule has 0 unspecified atom stereocenters. The molecule has 0 saturated heterocycles. The Morgan fingerprint density at radius 1 is 1.50 bits per heavy atom. The van der Waals surface area contributed by atoms with Crippen molar-refractivity contribution in [3.05, 3.63) is 28.2 Å². The fourth-order valence-corrected chi connectivity index (χ4v) is 1.79. The van der Waals surface area contributed by atoms with Gasteiger partial charge >= 0.3 is 5.97 Å². The summed E-state index contributed by atoms with van der Waals surface area (Å²) < 4.78 is 0.839. The summed E-state index contributed by atoms with van der Waals surface area (Å²) in [4.78, 5) is 12.6. The van der Waals surface area contributed by atoms with E-state index < -0.39 is 5.97 Å². The first-order chi connectivity index (χ1) is 6.52. The molecule has 0 fully saturated rings. The molecular formula is C10H12BrNO2. The zero-order valence-corrected chi connectivity index (χ0v) is 9.71. The molecule has 0 saturated carbocycles. The minimum atomic E-state index is -0.819. The van der Waals surface area contributed by atoms with Gasteiger partial charge in [0, 0.05) is 29.8 Å². The van der Waals surface area contributed by atoms with Crippen LogP contribution < -0.4 is 4.90 Å². The second kappa shape index (κ2) is 4.46. The number of carboxylic acids is 1. The van der Waals surface area contributed by atoms with Gasteiger partial charge < -0.3 is 10.0 Å². The lowest BCUT2D eigenvalue weighted by Crippen LogP contribution is -2.13. The SMILES string of the molecule is CN(C)c1cccc(Br)c1CC(=O)O. The van der Waals surface area contributed by atoms with Crippen LogP contribution in [0.2, 0.25) is 0 Å². The molecule has 14 heavy (non-hydrogen) atoms. The number of rotatable bonds is 3. The van der Waals surface area contributed by atoms with Gasteiger partial charge in [0.1, 0.15) is 0 Å². The van der Waals surface area contributed by atoms with Gasteiger partial charge in [0.15, 0.2) is 0 Å². The van der Waals surface area contributed by atoms with E-state index in [-0.39, 0.29) is 6.42 Å². The maximum Gasteiger partial charge on any atom is 0.307 e.